The molecule has 2 aliphatic rings. The highest BCUT2D eigenvalue weighted by Crippen LogP contribution is 2.32. The van der Waals surface area contributed by atoms with E-state index < -0.39 is 6.10 Å². The maximum absolute atomic E-state index is 12.6. The number of amides is 2. The van der Waals surface area contributed by atoms with Gasteiger partial charge in [0.15, 0.2) is 6.10 Å². The highest BCUT2D eigenvalue weighted by atomic mass is 35.5. The molecule has 0 spiro atoms. The molecule has 1 saturated heterocycles. The van der Waals surface area contributed by atoms with Gasteiger partial charge in [0.25, 0.3) is 5.91 Å². The number of carbonyl (C=O) groups excluding carboxylic acids is 2. The maximum Gasteiger partial charge on any atom is 0.263 e. The Labute approximate surface area is 134 Å². The second-order valence-corrected chi connectivity index (χ2v) is 6.21. The average molecular weight is 323 g/mol. The Balaban J connectivity index is 1.59. The molecule has 1 aromatic carbocycles. The van der Waals surface area contributed by atoms with Gasteiger partial charge in [-0.1, -0.05) is 11.6 Å². The first kappa shape index (κ1) is 15.2. The topological polar surface area (TPSA) is 58.6 Å². The highest BCUT2D eigenvalue weighted by molar-refractivity contribution is 6.30. The summed E-state index contributed by atoms with van der Waals surface area (Å²) in [6.07, 6.45) is 1.50. The van der Waals surface area contributed by atoms with Crippen LogP contribution in [0.3, 0.4) is 0 Å². The number of carbonyl (C=O) groups is 2. The Morgan fingerprint density at radius 3 is 2.73 bits per heavy atom. The summed E-state index contributed by atoms with van der Waals surface area (Å²) in [6.45, 7) is 1.21. The smallest absolute Gasteiger partial charge is 0.263 e. The number of hydrogen-bond acceptors (Lipinski definition) is 3. The van der Waals surface area contributed by atoms with Gasteiger partial charge >= 0.3 is 0 Å². The Bertz CT molecular complexity index is 597. The largest absolute Gasteiger partial charge is 0.480 e. The van der Waals surface area contributed by atoms with Crippen molar-refractivity contribution in [3.05, 3.63) is 28.8 Å². The van der Waals surface area contributed by atoms with E-state index in [0.717, 1.165) is 11.3 Å². The van der Waals surface area contributed by atoms with Crippen LogP contribution in [0.2, 0.25) is 5.02 Å². The summed E-state index contributed by atoms with van der Waals surface area (Å²) in [5, 5.41) is 3.33. The average Bonchev–Trinajstić information content (AvgIpc) is 2.96. The molecule has 1 aromatic rings. The Morgan fingerprint density at radius 2 is 2.05 bits per heavy atom. The van der Waals surface area contributed by atoms with Crippen LogP contribution in [0.5, 0.6) is 5.75 Å². The molecule has 2 aliphatic heterocycles. The number of rotatable bonds is 2. The van der Waals surface area contributed by atoms with Crippen molar-refractivity contribution in [2.45, 2.75) is 25.4 Å². The summed E-state index contributed by atoms with van der Waals surface area (Å²) in [4.78, 5) is 26.0. The fourth-order valence-corrected chi connectivity index (χ4v) is 3.32. The highest BCUT2D eigenvalue weighted by Gasteiger charge is 2.35. The van der Waals surface area contributed by atoms with Gasteiger partial charge in [-0.2, -0.15) is 0 Å². The van der Waals surface area contributed by atoms with Gasteiger partial charge in [-0.05, 0) is 36.6 Å². The molecule has 1 fully saturated rings. The molecule has 118 valence electrons. The zero-order valence-corrected chi connectivity index (χ0v) is 13.2. The molecule has 0 aliphatic carbocycles. The lowest BCUT2D eigenvalue weighted by Crippen LogP contribution is -2.47. The van der Waals surface area contributed by atoms with Crippen LogP contribution in [0.4, 0.5) is 0 Å². The molecular formula is C16H19ClN2O3. The summed E-state index contributed by atoms with van der Waals surface area (Å²) in [6, 6.07) is 5.42. The molecule has 22 heavy (non-hydrogen) atoms. The Morgan fingerprint density at radius 1 is 1.32 bits per heavy atom. The van der Waals surface area contributed by atoms with Crippen molar-refractivity contribution in [3.8, 4) is 5.75 Å². The fraction of sp³-hybridized carbons (Fsp3) is 0.500. The summed E-state index contributed by atoms with van der Waals surface area (Å²) >= 11 is 5.97. The molecule has 3 rings (SSSR count). The van der Waals surface area contributed by atoms with Crippen LogP contribution in [0.15, 0.2) is 18.2 Å². The van der Waals surface area contributed by atoms with E-state index in [9.17, 15) is 9.59 Å². The van der Waals surface area contributed by atoms with E-state index in [-0.39, 0.29) is 17.7 Å². The summed E-state index contributed by atoms with van der Waals surface area (Å²) in [5.74, 6) is 0.812. The van der Waals surface area contributed by atoms with E-state index >= 15 is 0 Å². The number of nitrogens with zero attached hydrogens (tertiary/aromatic N) is 1. The van der Waals surface area contributed by atoms with Crippen LogP contribution in [0.1, 0.15) is 18.4 Å². The van der Waals surface area contributed by atoms with Crippen molar-refractivity contribution in [2.24, 2.45) is 5.92 Å². The fourth-order valence-electron chi connectivity index (χ4n) is 3.12. The SMILES string of the molecule is CNC(=O)C1CCN(C(=O)[C@H]2Cc3cc(Cl)ccc3O2)CC1. The predicted molar refractivity (Wildman–Crippen MR) is 82.9 cm³/mol. The second kappa shape index (κ2) is 6.16. The van der Waals surface area contributed by atoms with Gasteiger partial charge in [-0.25, -0.2) is 0 Å². The lowest BCUT2D eigenvalue weighted by Gasteiger charge is -2.32. The minimum absolute atomic E-state index is 0.00248. The van der Waals surface area contributed by atoms with E-state index in [1.54, 1.807) is 18.0 Å². The van der Waals surface area contributed by atoms with Gasteiger partial charge in [-0.3, -0.25) is 9.59 Å². The number of piperidine rings is 1. The predicted octanol–water partition coefficient (Wildman–Crippen LogP) is 1.63. The van der Waals surface area contributed by atoms with Crippen molar-refractivity contribution in [3.63, 3.8) is 0 Å². The summed E-state index contributed by atoms with van der Waals surface area (Å²) in [5.41, 5.74) is 0.978. The van der Waals surface area contributed by atoms with Crippen LogP contribution >= 0.6 is 11.6 Å². The van der Waals surface area contributed by atoms with E-state index in [0.29, 0.717) is 37.4 Å². The lowest BCUT2D eigenvalue weighted by molar-refractivity contribution is -0.141. The molecular weight excluding hydrogens is 304 g/mol. The number of halogens is 1. The standard InChI is InChI=1S/C16H19ClN2O3/c1-18-15(20)10-4-6-19(7-5-10)16(21)14-9-11-8-12(17)2-3-13(11)22-14/h2-3,8,10,14H,4-7,9H2,1H3,(H,18,20)/t14-/m1/s1. The second-order valence-electron chi connectivity index (χ2n) is 5.78. The van der Waals surface area contributed by atoms with Gasteiger partial charge in [-0.15, -0.1) is 0 Å². The molecule has 2 amide bonds. The van der Waals surface area contributed by atoms with E-state index in [1.165, 1.54) is 0 Å². The molecule has 0 bridgehead atoms. The van der Waals surface area contributed by atoms with Gasteiger partial charge in [0, 0.05) is 37.5 Å². The van der Waals surface area contributed by atoms with Crippen molar-refractivity contribution in [1.29, 1.82) is 0 Å². The minimum atomic E-state index is -0.468. The third-order valence-electron chi connectivity index (χ3n) is 4.40. The van der Waals surface area contributed by atoms with Crippen LogP contribution in [0, 0.1) is 5.92 Å². The zero-order valence-electron chi connectivity index (χ0n) is 12.5. The quantitative estimate of drug-likeness (QED) is 0.900. The number of ether oxygens (including phenoxy) is 1. The van der Waals surface area contributed by atoms with Gasteiger partial charge in [0.2, 0.25) is 5.91 Å². The van der Waals surface area contributed by atoms with E-state index in [1.807, 2.05) is 12.1 Å². The first-order valence-corrected chi connectivity index (χ1v) is 7.91. The third-order valence-corrected chi connectivity index (χ3v) is 4.63. The van der Waals surface area contributed by atoms with Crippen molar-refractivity contribution in [1.82, 2.24) is 10.2 Å². The summed E-state index contributed by atoms with van der Waals surface area (Å²) < 4.78 is 5.74. The number of fused-ring (bicyclic) bond motifs is 1. The molecule has 6 heteroatoms. The van der Waals surface area contributed by atoms with E-state index in [4.69, 9.17) is 16.3 Å². The molecule has 0 aromatic heterocycles. The first-order valence-electron chi connectivity index (χ1n) is 7.54. The van der Waals surface area contributed by atoms with Crippen molar-refractivity contribution < 1.29 is 14.3 Å². The molecule has 1 N–H and O–H groups in total. The van der Waals surface area contributed by atoms with Crippen LogP contribution in [0.25, 0.3) is 0 Å². The molecule has 1 atom stereocenters. The molecule has 2 heterocycles. The number of hydrogen-bond donors (Lipinski definition) is 1. The summed E-state index contributed by atoms with van der Waals surface area (Å²) in [7, 11) is 1.65. The molecule has 5 nitrogen and oxygen atoms in total. The molecule has 0 unspecified atom stereocenters. The zero-order chi connectivity index (χ0) is 15.7. The number of nitrogens with one attached hydrogen (secondary N) is 1. The normalized spacial score (nSPS) is 21.2. The van der Waals surface area contributed by atoms with Crippen LogP contribution < -0.4 is 10.1 Å². The third kappa shape index (κ3) is 2.90. The van der Waals surface area contributed by atoms with Crippen molar-refractivity contribution in [2.75, 3.05) is 20.1 Å². The van der Waals surface area contributed by atoms with Gasteiger partial charge < -0.3 is 15.0 Å². The maximum atomic E-state index is 12.6. The molecule has 0 saturated carbocycles. The first-order chi connectivity index (χ1) is 10.6. The number of benzene rings is 1. The minimum Gasteiger partial charge on any atom is -0.480 e. The van der Waals surface area contributed by atoms with Gasteiger partial charge in [0.05, 0.1) is 0 Å². The number of likely N-dealkylation sites (tertiary alicyclic amines) is 1. The van der Waals surface area contributed by atoms with Crippen LogP contribution in [-0.2, 0) is 16.0 Å². The lowest BCUT2D eigenvalue weighted by atomic mass is 9.95. The van der Waals surface area contributed by atoms with E-state index in [2.05, 4.69) is 5.32 Å². The monoisotopic (exact) mass is 322 g/mol. The Kier molecular flexibility index (Phi) is 4.25. The van der Waals surface area contributed by atoms with Gasteiger partial charge in [0.1, 0.15) is 5.75 Å². The van der Waals surface area contributed by atoms with Crippen LogP contribution in [-0.4, -0.2) is 43.0 Å². The molecule has 0 radical (unpaired) electrons. The van der Waals surface area contributed by atoms with Crippen molar-refractivity contribution >= 4 is 23.4 Å². The Hall–Kier alpha value is -1.75.